The number of nitrogens with one attached hydrogen (secondary N) is 2. The van der Waals surface area contributed by atoms with Crippen LogP contribution in [0.3, 0.4) is 0 Å². The highest BCUT2D eigenvalue weighted by molar-refractivity contribution is 6.75. The van der Waals surface area contributed by atoms with Gasteiger partial charge in [-0.15, -0.1) is 0 Å². The predicted molar refractivity (Wildman–Crippen MR) is 81.6 cm³/mol. The van der Waals surface area contributed by atoms with E-state index in [-0.39, 0.29) is 0 Å². The topological polar surface area (TPSA) is 24.1 Å². The summed E-state index contributed by atoms with van der Waals surface area (Å²) in [7, 11) is -1.55. The van der Waals surface area contributed by atoms with Gasteiger partial charge in [0.2, 0.25) is 8.40 Å². The molecule has 2 N–H and O–H groups in total. The first-order valence-electron chi connectivity index (χ1n) is 7.22. The third kappa shape index (κ3) is 7.95. The van der Waals surface area contributed by atoms with Gasteiger partial charge < -0.3 is 9.96 Å². The van der Waals surface area contributed by atoms with Crippen LogP contribution in [0.25, 0.3) is 0 Å². The normalized spacial score (nSPS) is 13.4. The minimum Gasteiger partial charge on any atom is -0.323 e. The summed E-state index contributed by atoms with van der Waals surface area (Å²) in [5, 5.41) is 0. The van der Waals surface area contributed by atoms with E-state index in [1.165, 1.54) is 12.1 Å². The molecule has 0 aromatic rings. The maximum absolute atomic E-state index is 3.92. The van der Waals surface area contributed by atoms with Crippen LogP contribution in [-0.4, -0.2) is 20.5 Å². The maximum Gasteiger partial charge on any atom is 0.202 e. The average Bonchev–Trinajstić information content (AvgIpc) is 1.95. The van der Waals surface area contributed by atoms with Crippen molar-refractivity contribution >= 4 is 8.40 Å². The van der Waals surface area contributed by atoms with Gasteiger partial charge in [0.05, 0.1) is 0 Å². The largest absolute Gasteiger partial charge is 0.323 e. The first-order chi connectivity index (χ1) is 7.67. The van der Waals surface area contributed by atoms with Crippen molar-refractivity contribution in [1.29, 1.82) is 0 Å². The zero-order valence-electron chi connectivity index (χ0n) is 13.2. The maximum atomic E-state index is 3.92. The van der Waals surface area contributed by atoms with Gasteiger partial charge in [-0.25, -0.2) is 0 Å². The first kappa shape index (κ1) is 17.1. The van der Waals surface area contributed by atoms with Crippen molar-refractivity contribution in [3.8, 4) is 0 Å². The van der Waals surface area contributed by atoms with Gasteiger partial charge in [0.15, 0.2) is 0 Å². The van der Waals surface area contributed by atoms with E-state index in [2.05, 4.69) is 65.4 Å². The number of rotatable bonds is 8. The average molecular weight is 259 g/mol. The molecule has 0 aromatic heterocycles. The Morgan fingerprint density at radius 2 is 0.941 bits per heavy atom. The van der Waals surface area contributed by atoms with E-state index in [0.29, 0.717) is 12.1 Å². The van der Waals surface area contributed by atoms with Gasteiger partial charge in [-0.05, 0) is 36.0 Å². The second-order valence-corrected chi connectivity index (χ2v) is 10.4. The molecule has 0 aliphatic rings. The van der Waals surface area contributed by atoms with Crippen LogP contribution in [0.15, 0.2) is 0 Å². The SMILES string of the molecule is CC(C)C[Si](CC(C)C)(NC(C)C)NC(C)C. The van der Waals surface area contributed by atoms with Gasteiger partial charge in [0.25, 0.3) is 0 Å². The van der Waals surface area contributed by atoms with E-state index in [0.717, 1.165) is 11.8 Å². The van der Waals surface area contributed by atoms with Crippen molar-refractivity contribution in [2.24, 2.45) is 11.8 Å². The number of hydrogen-bond acceptors (Lipinski definition) is 2. The monoisotopic (exact) mass is 258 g/mol. The Kier molecular flexibility index (Phi) is 7.61. The molecule has 0 radical (unpaired) electrons. The van der Waals surface area contributed by atoms with E-state index in [4.69, 9.17) is 0 Å². The molecule has 0 saturated heterocycles. The fourth-order valence-electron chi connectivity index (χ4n) is 2.86. The Balaban J connectivity index is 4.89. The van der Waals surface area contributed by atoms with Crippen molar-refractivity contribution in [3.63, 3.8) is 0 Å². The molecule has 0 rings (SSSR count). The molecular weight excluding hydrogens is 224 g/mol. The summed E-state index contributed by atoms with van der Waals surface area (Å²) in [4.78, 5) is 7.83. The minimum atomic E-state index is -1.55. The van der Waals surface area contributed by atoms with Gasteiger partial charge in [-0.1, -0.05) is 55.4 Å². The van der Waals surface area contributed by atoms with Crippen LogP contribution in [0.2, 0.25) is 12.1 Å². The zero-order chi connectivity index (χ0) is 13.6. The summed E-state index contributed by atoms with van der Waals surface area (Å²) in [5.74, 6) is 1.52. The molecular formula is C14H34N2Si. The molecule has 2 nitrogen and oxygen atoms in total. The van der Waals surface area contributed by atoms with Gasteiger partial charge in [0.1, 0.15) is 0 Å². The molecule has 0 unspecified atom stereocenters. The molecule has 0 aromatic carbocycles. The van der Waals surface area contributed by atoms with Gasteiger partial charge in [0, 0.05) is 0 Å². The lowest BCUT2D eigenvalue weighted by atomic mass is 10.3. The Morgan fingerprint density at radius 1 is 0.647 bits per heavy atom. The van der Waals surface area contributed by atoms with E-state index in [1.54, 1.807) is 0 Å². The van der Waals surface area contributed by atoms with Crippen molar-refractivity contribution < 1.29 is 0 Å². The van der Waals surface area contributed by atoms with E-state index < -0.39 is 8.40 Å². The molecule has 104 valence electrons. The van der Waals surface area contributed by atoms with Crippen LogP contribution in [0, 0.1) is 11.8 Å². The van der Waals surface area contributed by atoms with Crippen molar-refractivity contribution in [2.45, 2.75) is 79.6 Å². The molecule has 3 heteroatoms. The first-order valence-corrected chi connectivity index (χ1v) is 9.63. The van der Waals surface area contributed by atoms with Crippen LogP contribution in [0.4, 0.5) is 0 Å². The van der Waals surface area contributed by atoms with E-state index >= 15 is 0 Å². The second kappa shape index (κ2) is 7.55. The lowest BCUT2D eigenvalue weighted by Crippen LogP contribution is -2.67. The Bertz CT molecular complexity index is 155. The smallest absolute Gasteiger partial charge is 0.202 e. The molecule has 0 heterocycles. The summed E-state index contributed by atoms with van der Waals surface area (Å²) >= 11 is 0. The number of hydrogen-bond donors (Lipinski definition) is 2. The van der Waals surface area contributed by atoms with Crippen LogP contribution in [0.1, 0.15) is 55.4 Å². The van der Waals surface area contributed by atoms with Crippen molar-refractivity contribution in [2.75, 3.05) is 0 Å². The Morgan fingerprint density at radius 3 is 1.12 bits per heavy atom. The summed E-state index contributed by atoms with van der Waals surface area (Å²) in [6, 6.07) is 3.79. The lowest BCUT2D eigenvalue weighted by molar-refractivity contribution is 0.583. The van der Waals surface area contributed by atoms with Crippen LogP contribution in [-0.2, 0) is 0 Å². The van der Waals surface area contributed by atoms with Crippen LogP contribution < -0.4 is 9.96 Å². The quantitative estimate of drug-likeness (QED) is 0.648. The fourth-order valence-corrected chi connectivity index (χ4v) is 8.58. The summed E-state index contributed by atoms with van der Waals surface area (Å²) in [6.45, 7) is 18.4. The fraction of sp³-hybridized carbons (Fsp3) is 1.00. The predicted octanol–water partition coefficient (Wildman–Crippen LogP) is 3.74. The molecule has 0 atom stereocenters. The molecule has 17 heavy (non-hydrogen) atoms. The molecule has 0 fully saturated rings. The lowest BCUT2D eigenvalue weighted by Gasteiger charge is -2.39. The van der Waals surface area contributed by atoms with Gasteiger partial charge in [-0.2, -0.15) is 0 Å². The van der Waals surface area contributed by atoms with E-state index in [1.807, 2.05) is 0 Å². The summed E-state index contributed by atoms with van der Waals surface area (Å²) < 4.78 is 0. The van der Waals surface area contributed by atoms with E-state index in [9.17, 15) is 0 Å². The molecule has 0 bridgehead atoms. The van der Waals surface area contributed by atoms with Crippen molar-refractivity contribution in [3.05, 3.63) is 0 Å². The highest BCUT2D eigenvalue weighted by atomic mass is 28.3. The molecule has 0 spiro atoms. The highest BCUT2D eigenvalue weighted by Gasteiger charge is 2.36. The third-order valence-electron chi connectivity index (χ3n) is 2.64. The minimum absolute atomic E-state index is 0.574. The standard InChI is InChI=1S/C14H34N2Si/c1-11(2)9-17(10-12(3)4,15-13(5)6)16-14(7)8/h11-16H,9-10H2,1-8H3. The molecule has 0 aliphatic heterocycles. The Hall–Kier alpha value is 0.137. The van der Waals surface area contributed by atoms with Gasteiger partial charge >= 0.3 is 0 Å². The van der Waals surface area contributed by atoms with Gasteiger partial charge in [-0.3, -0.25) is 0 Å². The summed E-state index contributed by atoms with van der Waals surface area (Å²) in [6.07, 6.45) is 0. The Labute approximate surface area is 110 Å². The van der Waals surface area contributed by atoms with Crippen molar-refractivity contribution in [1.82, 2.24) is 9.96 Å². The zero-order valence-corrected chi connectivity index (χ0v) is 14.2. The highest BCUT2D eigenvalue weighted by Crippen LogP contribution is 2.22. The van der Waals surface area contributed by atoms with Crippen LogP contribution >= 0.6 is 0 Å². The van der Waals surface area contributed by atoms with Crippen LogP contribution in [0.5, 0.6) is 0 Å². The molecule has 0 saturated carbocycles. The molecule has 0 amide bonds. The second-order valence-electron chi connectivity index (χ2n) is 6.88. The summed E-state index contributed by atoms with van der Waals surface area (Å²) in [5.41, 5.74) is 0. The third-order valence-corrected chi connectivity index (χ3v) is 7.93. The molecule has 0 aliphatic carbocycles.